The fraction of sp³-hybridized carbons (Fsp3) is 0.929. The second kappa shape index (κ2) is 5.17. The summed E-state index contributed by atoms with van der Waals surface area (Å²) in [7, 11) is 0. The van der Waals surface area contributed by atoms with Crippen molar-refractivity contribution in [3.05, 3.63) is 0 Å². The van der Waals surface area contributed by atoms with Gasteiger partial charge in [0.2, 0.25) is 5.91 Å². The van der Waals surface area contributed by atoms with Gasteiger partial charge in [-0.1, -0.05) is 13.8 Å². The first-order chi connectivity index (χ1) is 8.40. The average molecular weight is 255 g/mol. The Morgan fingerprint density at radius 1 is 1.33 bits per heavy atom. The molecule has 0 aromatic heterocycles. The van der Waals surface area contributed by atoms with Gasteiger partial charge >= 0.3 is 0 Å². The zero-order valence-corrected chi connectivity index (χ0v) is 11.5. The van der Waals surface area contributed by atoms with Crippen LogP contribution in [0.25, 0.3) is 0 Å². The molecule has 2 fully saturated rings. The number of nitrogens with one attached hydrogen (secondary N) is 1. The van der Waals surface area contributed by atoms with Crippen LogP contribution in [-0.2, 0) is 9.53 Å². The van der Waals surface area contributed by atoms with Crippen molar-refractivity contribution in [1.82, 2.24) is 5.32 Å². The molecule has 2 aliphatic rings. The number of hydrogen-bond acceptors (Lipinski definition) is 3. The van der Waals surface area contributed by atoms with Gasteiger partial charge in [0.25, 0.3) is 0 Å². The normalized spacial score (nSPS) is 30.1. The van der Waals surface area contributed by atoms with Crippen LogP contribution in [0, 0.1) is 5.41 Å². The lowest BCUT2D eigenvalue weighted by atomic mass is 9.71. The lowest BCUT2D eigenvalue weighted by Gasteiger charge is -2.40. The molecular formula is C14H25NO3. The van der Waals surface area contributed by atoms with Gasteiger partial charge in [0.15, 0.2) is 0 Å². The van der Waals surface area contributed by atoms with E-state index >= 15 is 0 Å². The molecule has 1 saturated carbocycles. The first kappa shape index (κ1) is 13.8. The van der Waals surface area contributed by atoms with Crippen LogP contribution in [0.15, 0.2) is 0 Å². The SMILES string of the molecule is CC1(C)CCC(O)(CNC(=O)[C@@H]2CCCO2)CC1. The Morgan fingerprint density at radius 2 is 2.00 bits per heavy atom. The topological polar surface area (TPSA) is 58.6 Å². The number of hydrogen-bond donors (Lipinski definition) is 2. The second-order valence-corrected chi connectivity index (χ2v) is 6.61. The molecule has 2 N–H and O–H groups in total. The monoisotopic (exact) mass is 255 g/mol. The van der Waals surface area contributed by atoms with E-state index in [9.17, 15) is 9.90 Å². The molecule has 1 heterocycles. The Balaban J connectivity index is 1.77. The number of carbonyl (C=O) groups is 1. The minimum absolute atomic E-state index is 0.0641. The van der Waals surface area contributed by atoms with E-state index in [-0.39, 0.29) is 12.0 Å². The zero-order chi connectivity index (χ0) is 13.2. The maximum absolute atomic E-state index is 11.8. The molecule has 1 aliphatic heterocycles. The van der Waals surface area contributed by atoms with E-state index in [1.807, 2.05) is 0 Å². The second-order valence-electron chi connectivity index (χ2n) is 6.61. The summed E-state index contributed by atoms with van der Waals surface area (Å²) in [6.07, 6.45) is 5.03. The fourth-order valence-electron chi connectivity index (χ4n) is 2.72. The predicted octanol–water partition coefficient (Wildman–Crippen LogP) is 1.61. The molecule has 1 atom stereocenters. The van der Waals surface area contributed by atoms with Crippen molar-refractivity contribution < 1.29 is 14.6 Å². The summed E-state index contributed by atoms with van der Waals surface area (Å²) >= 11 is 0. The molecule has 0 bridgehead atoms. The molecule has 4 nitrogen and oxygen atoms in total. The maximum atomic E-state index is 11.8. The van der Waals surface area contributed by atoms with E-state index in [2.05, 4.69) is 19.2 Å². The van der Waals surface area contributed by atoms with Crippen LogP contribution in [0.2, 0.25) is 0 Å². The highest BCUT2D eigenvalue weighted by Crippen LogP contribution is 2.39. The van der Waals surface area contributed by atoms with E-state index in [4.69, 9.17) is 4.74 Å². The molecule has 0 aromatic carbocycles. The van der Waals surface area contributed by atoms with Crippen molar-refractivity contribution in [1.29, 1.82) is 0 Å². The van der Waals surface area contributed by atoms with Gasteiger partial charge in [0.1, 0.15) is 6.10 Å². The first-order valence-electron chi connectivity index (χ1n) is 7.02. The molecule has 0 aromatic rings. The fourth-order valence-corrected chi connectivity index (χ4v) is 2.72. The third-order valence-corrected chi connectivity index (χ3v) is 4.35. The van der Waals surface area contributed by atoms with E-state index in [1.54, 1.807) is 0 Å². The third-order valence-electron chi connectivity index (χ3n) is 4.35. The highest BCUT2D eigenvalue weighted by Gasteiger charge is 2.37. The molecule has 0 radical (unpaired) electrons. The summed E-state index contributed by atoms with van der Waals surface area (Å²) in [6, 6.07) is 0. The van der Waals surface area contributed by atoms with Gasteiger partial charge in [0, 0.05) is 13.2 Å². The highest BCUT2D eigenvalue weighted by atomic mass is 16.5. The van der Waals surface area contributed by atoms with Crippen molar-refractivity contribution in [3.63, 3.8) is 0 Å². The van der Waals surface area contributed by atoms with Gasteiger partial charge in [-0.15, -0.1) is 0 Å². The Labute approximate surface area is 109 Å². The van der Waals surface area contributed by atoms with Crippen molar-refractivity contribution in [2.75, 3.05) is 13.2 Å². The van der Waals surface area contributed by atoms with E-state index in [0.717, 1.165) is 38.5 Å². The summed E-state index contributed by atoms with van der Waals surface area (Å²) < 4.78 is 5.33. The molecule has 2 rings (SSSR count). The molecule has 1 saturated heterocycles. The zero-order valence-electron chi connectivity index (χ0n) is 11.5. The Bertz CT molecular complexity index is 298. The predicted molar refractivity (Wildman–Crippen MR) is 69.2 cm³/mol. The summed E-state index contributed by atoms with van der Waals surface area (Å²) in [5.74, 6) is -0.0641. The van der Waals surface area contributed by atoms with E-state index in [0.29, 0.717) is 18.6 Å². The van der Waals surface area contributed by atoms with Gasteiger partial charge in [-0.25, -0.2) is 0 Å². The summed E-state index contributed by atoms with van der Waals surface area (Å²) in [5, 5.41) is 13.3. The minimum atomic E-state index is -0.718. The molecular weight excluding hydrogens is 230 g/mol. The number of rotatable bonds is 3. The van der Waals surface area contributed by atoms with Crippen LogP contribution in [0.3, 0.4) is 0 Å². The van der Waals surface area contributed by atoms with E-state index < -0.39 is 5.60 Å². The van der Waals surface area contributed by atoms with Gasteiger partial charge in [-0.3, -0.25) is 4.79 Å². The van der Waals surface area contributed by atoms with Crippen LogP contribution in [-0.4, -0.2) is 35.9 Å². The largest absolute Gasteiger partial charge is 0.388 e. The van der Waals surface area contributed by atoms with Crippen LogP contribution >= 0.6 is 0 Å². The summed E-state index contributed by atoms with van der Waals surface area (Å²) in [5.41, 5.74) is -0.394. The Kier molecular flexibility index (Phi) is 3.97. The summed E-state index contributed by atoms with van der Waals surface area (Å²) in [4.78, 5) is 11.8. The van der Waals surface area contributed by atoms with Crippen molar-refractivity contribution in [3.8, 4) is 0 Å². The molecule has 104 valence electrons. The minimum Gasteiger partial charge on any atom is -0.388 e. The number of carbonyl (C=O) groups excluding carboxylic acids is 1. The number of aliphatic hydroxyl groups is 1. The molecule has 1 aliphatic carbocycles. The van der Waals surface area contributed by atoms with Crippen molar-refractivity contribution in [2.24, 2.45) is 5.41 Å². The lowest BCUT2D eigenvalue weighted by molar-refractivity contribution is -0.132. The molecule has 0 spiro atoms. The molecule has 4 heteroatoms. The summed E-state index contributed by atoms with van der Waals surface area (Å²) in [6.45, 7) is 5.51. The molecule has 1 amide bonds. The standard InChI is InChI=1S/C14H25NO3/c1-13(2)5-7-14(17,8-6-13)10-15-12(16)11-4-3-9-18-11/h11,17H,3-10H2,1-2H3,(H,15,16)/t11-/m0/s1. The van der Waals surface area contributed by atoms with Gasteiger partial charge in [0.05, 0.1) is 5.60 Å². The van der Waals surface area contributed by atoms with Gasteiger partial charge < -0.3 is 15.2 Å². The number of ether oxygens (including phenoxy) is 1. The lowest BCUT2D eigenvalue weighted by Crippen LogP contribution is -2.48. The molecule has 0 unspecified atom stereocenters. The van der Waals surface area contributed by atoms with Gasteiger partial charge in [-0.05, 0) is 43.9 Å². The Hall–Kier alpha value is -0.610. The van der Waals surface area contributed by atoms with Crippen LogP contribution in [0.1, 0.15) is 52.4 Å². The maximum Gasteiger partial charge on any atom is 0.249 e. The Morgan fingerprint density at radius 3 is 2.56 bits per heavy atom. The van der Waals surface area contributed by atoms with Crippen LogP contribution in [0.4, 0.5) is 0 Å². The number of amides is 1. The first-order valence-corrected chi connectivity index (χ1v) is 7.02. The van der Waals surface area contributed by atoms with Crippen molar-refractivity contribution >= 4 is 5.91 Å². The highest BCUT2D eigenvalue weighted by molar-refractivity contribution is 5.81. The quantitative estimate of drug-likeness (QED) is 0.805. The third kappa shape index (κ3) is 3.45. The molecule has 18 heavy (non-hydrogen) atoms. The smallest absolute Gasteiger partial charge is 0.249 e. The van der Waals surface area contributed by atoms with Crippen LogP contribution in [0.5, 0.6) is 0 Å². The van der Waals surface area contributed by atoms with Gasteiger partial charge in [-0.2, -0.15) is 0 Å². The average Bonchev–Trinajstić information content (AvgIpc) is 2.85. The van der Waals surface area contributed by atoms with E-state index in [1.165, 1.54) is 0 Å². The van der Waals surface area contributed by atoms with Crippen molar-refractivity contribution in [2.45, 2.75) is 64.1 Å². The van der Waals surface area contributed by atoms with Crippen LogP contribution < -0.4 is 5.32 Å².